The molecule has 0 aliphatic rings. The number of carbonyl (C=O) groups excluding carboxylic acids is 2. The molecule has 2 amide bonds. The summed E-state index contributed by atoms with van der Waals surface area (Å²) in [6.45, 7) is 9.57. The molecular formula is C26H29FN4O2. The Bertz CT molecular complexity index is 1200. The van der Waals surface area contributed by atoms with Crippen LogP contribution >= 0.6 is 0 Å². The van der Waals surface area contributed by atoms with Gasteiger partial charge in [-0.1, -0.05) is 17.7 Å². The minimum atomic E-state index is -0.314. The predicted molar refractivity (Wildman–Crippen MR) is 129 cm³/mol. The third kappa shape index (κ3) is 5.55. The van der Waals surface area contributed by atoms with Crippen LogP contribution in [0, 0.1) is 40.4 Å². The number of aryl methyl sites for hydroxylation is 4. The Morgan fingerprint density at radius 2 is 1.67 bits per heavy atom. The summed E-state index contributed by atoms with van der Waals surface area (Å²) >= 11 is 0. The summed E-state index contributed by atoms with van der Waals surface area (Å²) in [4.78, 5) is 26.5. The maximum absolute atomic E-state index is 13.2. The zero-order valence-electron chi connectivity index (χ0n) is 19.9. The minimum absolute atomic E-state index is 0.0667. The molecule has 0 saturated carbocycles. The Morgan fingerprint density at radius 3 is 2.27 bits per heavy atom. The predicted octanol–water partition coefficient (Wildman–Crippen LogP) is 4.66. The van der Waals surface area contributed by atoms with E-state index in [-0.39, 0.29) is 24.2 Å². The molecule has 6 nitrogen and oxygen atoms in total. The van der Waals surface area contributed by atoms with Gasteiger partial charge in [-0.3, -0.25) is 9.59 Å². The number of benzene rings is 2. The van der Waals surface area contributed by atoms with E-state index >= 15 is 0 Å². The van der Waals surface area contributed by atoms with E-state index in [1.165, 1.54) is 23.1 Å². The van der Waals surface area contributed by atoms with Gasteiger partial charge < -0.3 is 10.2 Å². The van der Waals surface area contributed by atoms with Crippen molar-refractivity contribution in [2.24, 2.45) is 0 Å². The Balaban J connectivity index is 1.68. The number of nitrogens with zero attached hydrogens (tertiary/aromatic N) is 3. The largest absolute Gasteiger partial charge is 0.333 e. The number of halogens is 1. The van der Waals surface area contributed by atoms with Crippen LogP contribution < -0.4 is 5.32 Å². The first-order chi connectivity index (χ1) is 15.6. The first-order valence-corrected chi connectivity index (χ1v) is 10.7. The van der Waals surface area contributed by atoms with Crippen molar-refractivity contribution in [2.75, 3.05) is 18.9 Å². The smallest absolute Gasteiger partial charge is 0.246 e. The fourth-order valence-corrected chi connectivity index (χ4v) is 3.86. The van der Waals surface area contributed by atoms with Gasteiger partial charge in [0.05, 0.1) is 17.9 Å². The molecule has 0 atom stereocenters. The van der Waals surface area contributed by atoms with Crippen LogP contribution in [-0.4, -0.2) is 40.1 Å². The molecule has 2 aromatic carbocycles. The fraction of sp³-hybridized carbons (Fsp3) is 0.269. The maximum atomic E-state index is 13.2. The second-order valence-corrected chi connectivity index (χ2v) is 8.32. The lowest BCUT2D eigenvalue weighted by atomic mass is 10.1. The summed E-state index contributed by atoms with van der Waals surface area (Å²) in [5.74, 6) is -0.868. The molecule has 0 spiro atoms. The molecule has 0 saturated heterocycles. The summed E-state index contributed by atoms with van der Waals surface area (Å²) in [5.41, 5.74) is 6.99. The number of likely N-dealkylation sites (N-methyl/N-ethyl adjacent to an activating group) is 1. The average molecular weight is 449 g/mol. The summed E-state index contributed by atoms with van der Waals surface area (Å²) < 4.78 is 14.9. The third-order valence-electron chi connectivity index (χ3n) is 5.51. The van der Waals surface area contributed by atoms with Crippen LogP contribution in [0.2, 0.25) is 0 Å². The zero-order chi connectivity index (χ0) is 24.3. The van der Waals surface area contributed by atoms with E-state index in [9.17, 15) is 14.0 Å². The maximum Gasteiger partial charge on any atom is 0.246 e. The van der Waals surface area contributed by atoms with Crippen LogP contribution in [0.3, 0.4) is 0 Å². The number of carbonyl (C=O) groups is 2. The van der Waals surface area contributed by atoms with Crippen molar-refractivity contribution in [2.45, 2.75) is 34.6 Å². The number of rotatable bonds is 6. The van der Waals surface area contributed by atoms with Crippen molar-refractivity contribution in [1.29, 1.82) is 0 Å². The number of anilines is 1. The molecule has 0 fully saturated rings. The van der Waals surface area contributed by atoms with E-state index in [4.69, 9.17) is 0 Å². The standard InChI is InChI=1S/C26H29FN4O2/c1-16-13-17(2)26(18(3)14-16)28-24(32)15-30(6)25(33)12-11-23-19(4)29-31(20(23)5)22-9-7-21(27)8-10-22/h7-14H,15H2,1-6H3,(H,28,32)/b12-11+. The van der Waals surface area contributed by atoms with Gasteiger partial charge in [-0.2, -0.15) is 5.10 Å². The van der Waals surface area contributed by atoms with Crippen molar-refractivity contribution >= 4 is 23.6 Å². The van der Waals surface area contributed by atoms with Gasteiger partial charge >= 0.3 is 0 Å². The van der Waals surface area contributed by atoms with Crippen LogP contribution in [0.15, 0.2) is 42.5 Å². The number of amides is 2. The monoisotopic (exact) mass is 448 g/mol. The number of nitrogens with one attached hydrogen (secondary N) is 1. The summed E-state index contributed by atoms with van der Waals surface area (Å²) in [5, 5.41) is 7.42. The SMILES string of the molecule is Cc1cc(C)c(NC(=O)CN(C)C(=O)/C=C/c2c(C)nn(-c3ccc(F)cc3)c2C)c(C)c1. The van der Waals surface area contributed by atoms with E-state index in [1.54, 1.807) is 29.9 Å². The van der Waals surface area contributed by atoms with Crippen molar-refractivity contribution in [3.63, 3.8) is 0 Å². The van der Waals surface area contributed by atoms with Crippen molar-refractivity contribution in [3.8, 4) is 5.69 Å². The molecule has 3 aromatic rings. The fourth-order valence-electron chi connectivity index (χ4n) is 3.86. The van der Waals surface area contributed by atoms with Gasteiger partial charge in [-0.25, -0.2) is 9.07 Å². The lowest BCUT2D eigenvalue weighted by Crippen LogP contribution is -2.34. The molecule has 1 heterocycles. The van der Waals surface area contributed by atoms with E-state index in [2.05, 4.69) is 10.4 Å². The van der Waals surface area contributed by atoms with Crippen molar-refractivity contribution < 1.29 is 14.0 Å². The van der Waals surface area contributed by atoms with Gasteiger partial charge in [0.15, 0.2) is 0 Å². The van der Waals surface area contributed by atoms with Gasteiger partial charge in [0, 0.05) is 30.1 Å². The zero-order valence-corrected chi connectivity index (χ0v) is 19.9. The Labute approximate surface area is 193 Å². The molecule has 0 radical (unpaired) electrons. The summed E-state index contributed by atoms with van der Waals surface area (Å²) in [6.07, 6.45) is 3.13. The highest BCUT2D eigenvalue weighted by atomic mass is 19.1. The first kappa shape index (κ1) is 23.9. The van der Waals surface area contributed by atoms with Gasteiger partial charge in [-0.15, -0.1) is 0 Å². The van der Waals surface area contributed by atoms with Gasteiger partial charge in [-0.05, 0) is 76.1 Å². The molecule has 33 heavy (non-hydrogen) atoms. The Morgan fingerprint density at radius 1 is 1.06 bits per heavy atom. The van der Waals surface area contributed by atoms with E-state index in [0.29, 0.717) is 0 Å². The lowest BCUT2D eigenvalue weighted by molar-refractivity contribution is -0.129. The van der Waals surface area contributed by atoms with Gasteiger partial charge in [0.2, 0.25) is 11.8 Å². The van der Waals surface area contributed by atoms with Crippen molar-refractivity contribution in [1.82, 2.24) is 14.7 Å². The molecular weight excluding hydrogens is 419 g/mol. The number of hydrogen-bond acceptors (Lipinski definition) is 3. The highest BCUT2D eigenvalue weighted by Crippen LogP contribution is 2.22. The molecule has 0 aliphatic carbocycles. The highest BCUT2D eigenvalue weighted by molar-refractivity contribution is 5.98. The second-order valence-electron chi connectivity index (χ2n) is 8.32. The van der Waals surface area contributed by atoms with E-state index < -0.39 is 0 Å². The second kappa shape index (κ2) is 9.81. The van der Waals surface area contributed by atoms with Crippen LogP contribution in [0.25, 0.3) is 11.8 Å². The highest BCUT2D eigenvalue weighted by Gasteiger charge is 2.15. The third-order valence-corrected chi connectivity index (χ3v) is 5.51. The number of aromatic nitrogens is 2. The van der Waals surface area contributed by atoms with Crippen LogP contribution in [-0.2, 0) is 9.59 Å². The summed E-state index contributed by atoms with van der Waals surface area (Å²) in [6, 6.07) is 10.1. The molecule has 7 heteroatoms. The van der Waals surface area contributed by atoms with Gasteiger partial charge in [0.25, 0.3) is 0 Å². The Hall–Kier alpha value is -3.74. The van der Waals surface area contributed by atoms with Crippen LogP contribution in [0.5, 0.6) is 0 Å². The normalized spacial score (nSPS) is 11.1. The molecule has 0 unspecified atom stereocenters. The van der Waals surface area contributed by atoms with Gasteiger partial charge in [0.1, 0.15) is 5.82 Å². The Kier molecular flexibility index (Phi) is 7.11. The quantitative estimate of drug-likeness (QED) is 0.558. The number of hydrogen-bond donors (Lipinski definition) is 1. The molecule has 1 N–H and O–H groups in total. The van der Waals surface area contributed by atoms with E-state index in [0.717, 1.165) is 45.0 Å². The summed E-state index contributed by atoms with van der Waals surface area (Å²) in [7, 11) is 1.59. The molecule has 0 aliphatic heterocycles. The lowest BCUT2D eigenvalue weighted by Gasteiger charge is -2.17. The first-order valence-electron chi connectivity index (χ1n) is 10.7. The minimum Gasteiger partial charge on any atom is -0.333 e. The van der Waals surface area contributed by atoms with Crippen molar-refractivity contribution in [3.05, 3.63) is 81.9 Å². The molecule has 1 aromatic heterocycles. The molecule has 172 valence electrons. The molecule has 0 bridgehead atoms. The van der Waals surface area contributed by atoms with Crippen LogP contribution in [0.4, 0.5) is 10.1 Å². The molecule has 3 rings (SSSR count). The van der Waals surface area contributed by atoms with Crippen LogP contribution in [0.1, 0.15) is 33.6 Å². The van der Waals surface area contributed by atoms with E-state index in [1.807, 2.05) is 46.8 Å². The average Bonchev–Trinajstić information content (AvgIpc) is 3.02. The topological polar surface area (TPSA) is 67.2 Å².